The van der Waals surface area contributed by atoms with Crippen molar-refractivity contribution in [2.75, 3.05) is 0 Å². The van der Waals surface area contributed by atoms with E-state index in [9.17, 15) is 26.8 Å². The Hall–Kier alpha value is -0.980. The molecule has 0 radical (unpaired) electrons. The number of hydrogen-bond acceptors (Lipinski definition) is 3. The predicted molar refractivity (Wildman–Crippen MR) is 85.7 cm³/mol. The van der Waals surface area contributed by atoms with E-state index in [1.165, 1.54) is 6.07 Å². The van der Waals surface area contributed by atoms with Crippen LogP contribution in [0.15, 0.2) is 18.2 Å². The molecule has 0 aromatic heterocycles. The fourth-order valence-electron chi connectivity index (χ4n) is 1.91. The highest BCUT2D eigenvalue weighted by Crippen LogP contribution is 2.49. The molecule has 0 bridgehead atoms. The van der Waals surface area contributed by atoms with Crippen LogP contribution >= 0.6 is 8.60 Å². The Labute approximate surface area is 145 Å². The first-order chi connectivity index (χ1) is 10.9. The fraction of sp³-hybridized carbons (Fsp3) is 0.625. The lowest BCUT2D eigenvalue weighted by atomic mass is 9.80. The Balaban J connectivity index is 3.13. The Morgan fingerprint density at radius 2 is 1.40 bits per heavy atom. The van der Waals surface area contributed by atoms with Crippen LogP contribution in [0.3, 0.4) is 0 Å². The van der Waals surface area contributed by atoms with Gasteiger partial charge in [0, 0.05) is 5.56 Å². The van der Waals surface area contributed by atoms with E-state index >= 15 is 0 Å². The van der Waals surface area contributed by atoms with Crippen molar-refractivity contribution in [1.29, 1.82) is 0 Å². The van der Waals surface area contributed by atoms with Gasteiger partial charge in [-0.25, -0.2) is 4.52 Å². The summed E-state index contributed by atoms with van der Waals surface area (Å²) < 4.78 is 70.5. The third-order valence-corrected chi connectivity index (χ3v) is 4.09. The van der Waals surface area contributed by atoms with Crippen molar-refractivity contribution >= 4 is 8.60 Å². The van der Waals surface area contributed by atoms with Gasteiger partial charge in [0.15, 0.2) is 0 Å². The fourth-order valence-corrected chi connectivity index (χ4v) is 2.58. The molecule has 0 spiro atoms. The predicted octanol–water partition coefficient (Wildman–Crippen LogP) is 6.05. The second-order valence-corrected chi connectivity index (χ2v) is 8.49. The summed E-state index contributed by atoms with van der Waals surface area (Å²) >= 11 is 0. The van der Waals surface area contributed by atoms with E-state index in [1.54, 1.807) is 12.1 Å². The van der Waals surface area contributed by atoms with Crippen molar-refractivity contribution in [1.82, 2.24) is 0 Å². The van der Waals surface area contributed by atoms with Gasteiger partial charge < -0.3 is 9.42 Å². The van der Waals surface area contributed by atoms with Gasteiger partial charge in [-0.05, 0) is 22.5 Å². The molecule has 0 saturated carbocycles. The molecule has 1 aromatic rings. The number of rotatable bonds is 4. The Kier molecular flexibility index (Phi) is 6.15. The van der Waals surface area contributed by atoms with Gasteiger partial charge in [0.25, 0.3) is 0 Å². The quantitative estimate of drug-likeness (QED) is 0.504. The third kappa shape index (κ3) is 5.76. The molecule has 0 saturated heterocycles. The average molecular weight is 388 g/mol. The van der Waals surface area contributed by atoms with E-state index in [2.05, 4.69) is 4.52 Å². The highest BCUT2D eigenvalue weighted by Gasteiger charge is 2.61. The van der Waals surface area contributed by atoms with Gasteiger partial charge in [-0.2, -0.15) is 22.0 Å². The molecule has 1 unspecified atom stereocenters. The molecular weight excluding hydrogens is 366 g/mol. The van der Waals surface area contributed by atoms with Crippen LogP contribution in [0.25, 0.3) is 0 Å². The average Bonchev–Trinajstić information content (AvgIpc) is 2.34. The molecule has 0 fully saturated rings. The third-order valence-electron chi connectivity index (χ3n) is 3.35. The van der Waals surface area contributed by atoms with Crippen LogP contribution < -0.4 is 4.52 Å². The van der Waals surface area contributed by atoms with E-state index in [0.717, 1.165) is 5.56 Å². The maximum absolute atomic E-state index is 12.9. The second-order valence-electron chi connectivity index (χ2n) is 7.65. The minimum Gasteiger partial charge on any atom is -0.426 e. The summed E-state index contributed by atoms with van der Waals surface area (Å²) in [5, 5.41) is 0. The summed E-state index contributed by atoms with van der Waals surface area (Å²) in [4.78, 5) is 9.46. The molecule has 144 valence electrons. The van der Waals surface area contributed by atoms with Crippen LogP contribution in [0.2, 0.25) is 0 Å². The van der Waals surface area contributed by atoms with Gasteiger partial charge in [-0.1, -0.05) is 53.7 Å². The molecule has 9 heteroatoms. The normalized spacial score (nSPS) is 15.2. The molecule has 25 heavy (non-hydrogen) atoms. The lowest BCUT2D eigenvalue weighted by Crippen LogP contribution is -2.38. The smallest absolute Gasteiger partial charge is 0.426 e. The second kappa shape index (κ2) is 6.97. The zero-order valence-corrected chi connectivity index (χ0v) is 15.7. The first-order valence-electron chi connectivity index (χ1n) is 7.41. The largest absolute Gasteiger partial charge is 0.483 e. The topological polar surface area (TPSA) is 38.7 Å². The van der Waals surface area contributed by atoms with Crippen molar-refractivity contribution in [2.45, 2.75) is 64.7 Å². The van der Waals surface area contributed by atoms with E-state index in [0.29, 0.717) is 5.56 Å². The first-order valence-corrected chi connectivity index (χ1v) is 8.54. The lowest BCUT2D eigenvalue weighted by molar-refractivity contribution is -0.362. The van der Waals surface area contributed by atoms with Gasteiger partial charge in [0.2, 0.25) is 0 Å². The van der Waals surface area contributed by atoms with Crippen LogP contribution in [0.5, 0.6) is 5.75 Å². The minimum absolute atomic E-state index is 0.00733. The van der Waals surface area contributed by atoms with Crippen molar-refractivity contribution in [2.24, 2.45) is 0 Å². The van der Waals surface area contributed by atoms with Gasteiger partial charge in [-0.3, -0.25) is 0 Å². The zero-order valence-electron chi connectivity index (χ0n) is 14.8. The maximum atomic E-state index is 12.9. The summed E-state index contributed by atoms with van der Waals surface area (Å²) in [5.41, 5.74) is 0.774. The lowest BCUT2D eigenvalue weighted by Gasteiger charge is -2.28. The Morgan fingerprint density at radius 1 is 0.880 bits per heavy atom. The van der Waals surface area contributed by atoms with Crippen LogP contribution in [-0.4, -0.2) is 17.2 Å². The summed E-state index contributed by atoms with van der Waals surface area (Å²) in [6.45, 7) is 11.4. The molecule has 3 nitrogen and oxygen atoms in total. The molecule has 0 aliphatic heterocycles. The zero-order chi connectivity index (χ0) is 19.8. The van der Waals surface area contributed by atoms with Crippen LogP contribution in [0.4, 0.5) is 22.0 Å². The van der Waals surface area contributed by atoms with Crippen LogP contribution in [0.1, 0.15) is 52.7 Å². The Bertz CT molecular complexity index is 603. The SMILES string of the molecule is CC(C)(C)c1ccc(OP(O)OC(F)(F)C(F)(F)F)c(C(C)(C)C)c1. The molecular formula is C16H22F5O3P. The highest BCUT2D eigenvalue weighted by atomic mass is 31.2. The van der Waals surface area contributed by atoms with E-state index in [-0.39, 0.29) is 11.2 Å². The maximum Gasteiger partial charge on any atom is 0.483 e. The summed E-state index contributed by atoms with van der Waals surface area (Å²) in [7, 11) is -3.48. The molecule has 0 heterocycles. The highest BCUT2D eigenvalue weighted by molar-refractivity contribution is 7.41. The van der Waals surface area contributed by atoms with Gasteiger partial charge in [0.05, 0.1) is 0 Å². The molecule has 0 aliphatic carbocycles. The van der Waals surface area contributed by atoms with Gasteiger partial charge >= 0.3 is 20.9 Å². The van der Waals surface area contributed by atoms with Crippen LogP contribution in [-0.2, 0) is 15.4 Å². The van der Waals surface area contributed by atoms with Crippen molar-refractivity contribution in [3.8, 4) is 5.75 Å². The summed E-state index contributed by atoms with van der Waals surface area (Å²) in [6, 6.07) is 4.87. The van der Waals surface area contributed by atoms with Crippen molar-refractivity contribution < 1.29 is 35.9 Å². The molecule has 1 aromatic carbocycles. The number of alkyl halides is 5. The number of halogens is 5. The van der Waals surface area contributed by atoms with Gasteiger partial charge in [-0.15, -0.1) is 0 Å². The minimum atomic E-state index is -5.94. The molecule has 1 N–H and O–H groups in total. The molecule has 1 atom stereocenters. The van der Waals surface area contributed by atoms with E-state index in [4.69, 9.17) is 4.52 Å². The number of hydrogen-bond donors (Lipinski definition) is 1. The first kappa shape index (κ1) is 22.1. The standard InChI is InChI=1S/C16H22F5O3P/c1-13(2,3)10-7-8-12(11(9-10)14(4,5)6)23-25(22)24-16(20,21)15(17,18)19/h7-9,22H,1-6H3. The van der Waals surface area contributed by atoms with E-state index in [1.807, 2.05) is 41.5 Å². The van der Waals surface area contributed by atoms with Crippen molar-refractivity contribution in [3.05, 3.63) is 29.3 Å². The van der Waals surface area contributed by atoms with Gasteiger partial charge in [0.1, 0.15) is 5.75 Å². The Morgan fingerprint density at radius 3 is 1.80 bits per heavy atom. The molecule has 0 aliphatic rings. The monoisotopic (exact) mass is 388 g/mol. The molecule has 0 amide bonds. The number of benzene rings is 1. The van der Waals surface area contributed by atoms with Crippen LogP contribution in [0, 0.1) is 0 Å². The van der Waals surface area contributed by atoms with Crippen molar-refractivity contribution in [3.63, 3.8) is 0 Å². The molecule has 1 rings (SSSR count). The van der Waals surface area contributed by atoms with E-state index < -0.39 is 26.3 Å². The summed E-state index contributed by atoms with van der Waals surface area (Å²) in [5.74, 6) is -0.00733. The summed E-state index contributed by atoms with van der Waals surface area (Å²) in [6.07, 6.45) is -11.4.